The zero-order valence-electron chi connectivity index (χ0n) is 20.1. The summed E-state index contributed by atoms with van der Waals surface area (Å²) < 4.78 is 5.35. The summed E-state index contributed by atoms with van der Waals surface area (Å²) in [6, 6.07) is 10.2. The third-order valence-corrected chi connectivity index (χ3v) is 7.41. The predicted octanol–water partition coefficient (Wildman–Crippen LogP) is 4.46. The van der Waals surface area contributed by atoms with E-state index >= 15 is 0 Å². The number of anilines is 1. The summed E-state index contributed by atoms with van der Waals surface area (Å²) >= 11 is 0. The van der Waals surface area contributed by atoms with E-state index in [-0.39, 0.29) is 17.1 Å². The van der Waals surface area contributed by atoms with E-state index < -0.39 is 0 Å². The molecule has 172 valence electrons. The van der Waals surface area contributed by atoms with Gasteiger partial charge in [-0.05, 0) is 54.5 Å². The molecule has 32 heavy (non-hydrogen) atoms. The normalized spacial score (nSPS) is 20.3. The Kier molecular flexibility index (Phi) is 6.22. The van der Waals surface area contributed by atoms with Gasteiger partial charge in [0.15, 0.2) is 0 Å². The highest BCUT2D eigenvalue weighted by Gasteiger charge is 2.42. The van der Waals surface area contributed by atoms with Gasteiger partial charge in [0.05, 0.1) is 13.7 Å². The van der Waals surface area contributed by atoms with Crippen LogP contribution < -0.4 is 9.64 Å². The van der Waals surface area contributed by atoms with Crippen molar-refractivity contribution in [3.05, 3.63) is 52.6 Å². The number of hydrogen-bond acceptors (Lipinski definition) is 5. The second kappa shape index (κ2) is 8.78. The zero-order valence-corrected chi connectivity index (χ0v) is 20.1. The van der Waals surface area contributed by atoms with Crippen molar-refractivity contribution >= 4 is 11.5 Å². The molecule has 0 amide bonds. The SMILES string of the molecule is COc1cccc(N2CCN(CC(=O)CC3c4c(O)c(C)cc(C)c4CC3(C)C)CC2)c1. The lowest BCUT2D eigenvalue weighted by molar-refractivity contribution is -0.121. The van der Waals surface area contributed by atoms with Gasteiger partial charge in [-0.3, -0.25) is 9.69 Å². The minimum atomic E-state index is -0.0287. The van der Waals surface area contributed by atoms with Crippen molar-refractivity contribution in [2.45, 2.75) is 46.5 Å². The molecule has 2 aliphatic rings. The summed E-state index contributed by atoms with van der Waals surface area (Å²) in [5, 5.41) is 10.8. The van der Waals surface area contributed by atoms with E-state index in [2.05, 4.69) is 48.8 Å². The molecular weight excluding hydrogens is 400 g/mol. The fourth-order valence-electron chi connectivity index (χ4n) is 5.52. The van der Waals surface area contributed by atoms with Gasteiger partial charge in [-0.1, -0.05) is 26.0 Å². The Morgan fingerprint density at radius 1 is 1.12 bits per heavy atom. The lowest BCUT2D eigenvalue weighted by Gasteiger charge is -2.36. The summed E-state index contributed by atoms with van der Waals surface area (Å²) in [7, 11) is 1.69. The van der Waals surface area contributed by atoms with E-state index in [0.29, 0.717) is 18.7 Å². The van der Waals surface area contributed by atoms with E-state index in [1.165, 1.54) is 16.8 Å². The summed E-state index contributed by atoms with van der Waals surface area (Å²) in [5.41, 5.74) is 5.53. The molecular formula is C27H36N2O3. The van der Waals surface area contributed by atoms with E-state index in [9.17, 15) is 9.90 Å². The van der Waals surface area contributed by atoms with Gasteiger partial charge in [0, 0.05) is 55.8 Å². The molecule has 0 spiro atoms. The molecule has 5 nitrogen and oxygen atoms in total. The van der Waals surface area contributed by atoms with Crippen LogP contribution in [0.5, 0.6) is 11.5 Å². The fraction of sp³-hybridized carbons (Fsp3) is 0.519. The highest BCUT2D eigenvalue weighted by molar-refractivity contribution is 5.82. The summed E-state index contributed by atoms with van der Waals surface area (Å²) in [6.07, 6.45) is 1.41. The van der Waals surface area contributed by atoms with E-state index in [0.717, 1.165) is 49.5 Å². The van der Waals surface area contributed by atoms with Gasteiger partial charge in [-0.25, -0.2) is 0 Å². The molecule has 1 atom stereocenters. The lowest BCUT2D eigenvalue weighted by atomic mass is 9.76. The van der Waals surface area contributed by atoms with Gasteiger partial charge in [0.25, 0.3) is 0 Å². The molecule has 1 saturated heterocycles. The fourth-order valence-corrected chi connectivity index (χ4v) is 5.52. The summed E-state index contributed by atoms with van der Waals surface area (Å²) in [5.74, 6) is 1.60. The molecule has 1 fully saturated rings. The van der Waals surface area contributed by atoms with Crippen LogP contribution in [0.3, 0.4) is 0 Å². The predicted molar refractivity (Wildman–Crippen MR) is 129 cm³/mol. The number of hydrogen-bond donors (Lipinski definition) is 1. The molecule has 0 saturated carbocycles. The number of ketones is 1. The van der Waals surface area contributed by atoms with Crippen molar-refractivity contribution in [3.8, 4) is 11.5 Å². The Hall–Kier alpha value is -2.53. The van der Waals surface area contributed by atoms with E-state index in [1.54, 1.807) is 7.11 Å². The molecule has 4 rings (SSSR count). The number of carbonyl (C=O) groups excluding carboxylic acids is 1. The lowest BCUT2D eigenvalue weighted by Crippen LogP contribution is -2.48. The Balaban J connectivity index is 1.39. The van der Waals surface area contributed by atoms with Crippen molar-refractivity contribution in [3.63, 3.8) is 0 Å². The molecule has 5 heteroatoms. The number of aromatic hydroxyl groups is 1. The monoisotopic (exact) mass is 436 g/mol. The maximum atomic E-state index is 13.1. The topological polar surface area (TPSA) is 53.0 Å². The van der Waals surface area contributed by atoms with Crippen LogP contribution in [-0.4, -0.2) is 55.6 Å². The van der Waals surface area contributed by atoms with E-state index in [4.69, 9.17) is 4.74 Å². The van der Waals surface area contributed by atoms with Gasteiger partial charge in [-0.2, -0.15) is 0 Å². The Bertz CT molecular complexity index is 1010. The minimum absolute atomic E-state index is 0.0287. The molecule has 0 aromatic heterocycles. The quantitative estimate of drug-likeness (QED) is 0.724. The third kappa shape index (κ3) is 4.36. The minimum Gasteiger partial charge on any atom is -0.507 e. The Morgan fingerprint density at radius 2 is 1.84 bits per heavy atom. The van der Waals surface area contributed by atoms with Crippen LogP contribution in [0, 0.1) is 19.3 Å². The van der Waals surface area contributed by atoms with Crippen LogP contribution in [0.25, 0.3) is 0 Å². The van der Waals surface area contributed by atoms with Gasteiger partial charge in [-0.15, -0.1) is 0 Å². The number of fused-ring (bicyclic) bond motifs is 1. The van der Waals surface area contributed by atoms with Crippen molar-refractivity contribution in [1.29, 1.82) is 0 Å². The first kappa shape index (κ1) is 22.7. The number of carbonyl (C=O) groups is 1. The highest BCUT2D eigenvalue weighted by Crippen LogP contribution is 2.53. The maximum Gasteiger partial charge on any atom is 0.147 e. The number of rotatable bonds is 6. The number of phenolic OH excluding ortho intramolecular Hbond substituents is 1. The molecule has 0 radical (unpaired) electrons. The summed E-state index contributed by atoms with van der Waals surface area (Å²) in [6.45, 7) is 12.6. The Morgan fingerprint density at radius 3 is 2.53 bits per heavy atom. The van der Waals surface area contributed by atoms with Gasteiger partial charge in [0.2, 0.25) is 0 Å². The van der Waals surface area contributed by atoms with Crippen molar-refractivity contribution in [2.24, 2.45) is 5.41 Å². The van der Waals surface area contributed by atoms with Crippen LogP contribution in [0.15, 0.2) is 30.3 Å². The molecule has 1 unspecified atom stereocenters. The number of aryl methyl sites for hydroxylation is 2. The summed E-state index contributed by atoms with van der Waals surface area (Å²) in [4.78, 5) is 17.7. The standard InChI is InChI=1S/C27H36N2O3/c1-18-13-19(2)26(31)25-23(18)16-27(3,4)24(25)15-21(30)17-28-9-11-29(12-10-28)20-7-6-8-22(14-20)32-5/h6-8,13-14,24,31H,9-12,15-17H2,1-5H3. The van der Waals surface area contributed by atoms with Gasteiger partial charge in [0.1, 0.15) is 17.3 Å². The first-order chi connectivity index (χ1) is 15.2. The van der Waals surface area contributed by atoms with Crippen LogP contribution in [0.1, 0.15) is 48.4 Å². The third-order valence-electron chi connectivity index (χ3n) is 7.41. The van der Waals surface area contributed by atoms with Crippen LogP contribution in [-0.2, 0) is 11.2 Å². The largest absolute Gasteiger partial charge is 0.507 e. The number of benzene rings is 2. The molecule has 2 aromatic carbocycles. The van der Waals surface area contributed by atoms with Crippen molar-refractivity contribution in [1.82, 2.24) is 4.90 Å². The molecule has 1 aliphatic heterocycles. The smallest absolute Gasteiger partial charge is 0.147 e. The van der Waals surface area contributed by atoms with Crippen LogP contribution in [0.4, 0.5) is 5.69 Å². The number of piperazine rings is 1. The highest BCUT2D eigenvalue weighted by atomic mass is 16.5. The Labute approximate surface area is 192 Å². The average Bonchev–Trinajstić information content (AvgIpc) is 3.03. The molecule has 2 aromatic rings. The van der Waals surface area contributed by atoms with Crippen molar-refractivity contribution in [2.75, 3.05) is 44.7 Å². The average molecular weight is 437 g/mol. The second-order valence-electron chi connectivity index (χ2n) is 10.2. The van der Waals surface area contributed by atoms with Gasteiger partial charge >= 0.3 is 0 Å². The van der Waals surface area contributed by atoms with Crippen molar-refractivity contribution < 1.29 is 14.6 Å². The number of methoxy groups -OCH3 is 1. The zero-order chi connectivity index (χ0) is 23.0. The van der Waals surface area contributed by atoms with Crippen LogP contribution >= 0.6 is 0 Å². The number of Topliss-reactive ketones (excluding diaryl/α,β-unsaturated/α-hetero) is 1. The number of nitrogens with zero attached hydrogens (tertiary/aromatic N) is 2. The van der Waals surface area contributed by atoms with Crippen LogP contribution in [0.2, 0.25) is 0 Å². The molecule has 1 aliphatic carbocycles. The molecule has 1 heterocycles. The molecule has 0 bridgehead atoms. The van der Waals surface area contributed by atoms with E-state index in [1.807, 2.05) is 19.1 Å². The maximum absolute atomic E-state index is 13.1. The first-order valence-electron chi connectivity index (χ1n) is 11.6. The molecule has 1 N–H and O–H groups in total. The number of phenols is 1. The first-order valence-corrected chi connectivity index (χ1v) is 11.6. The number of ether oxygens (including phenoxy) is 1. The van der Waals surface area contributed by atoms with Gasteiger partial charge < -0.3 is 14.7 Å². The second-order valence-corrected chi connectivity index (χ2v) is 10.2.